The lowest BCUT2D eigenvalue weighted by Gasteiger charge is -2.09. The average Bonchev–Trinajstić information content (AvgIpc) is 2.48. The summed E-state index contributed by atoms with van der Waals surface area (Å²) in [7, 11) is -3.14. The van der Waals surface area contributed by atoms with Crippen molar-refractivity contribution in [2.45, 2.75) is 25.4 Å². The minimum absolute atomic E-state index is 0.0602. The molecular formula is C7H14BrNO3S. The number of aliphatic hydroxyl groups is 1. The van der Waals surface area contributed by atoms with E-state index in [4.69, 9.17) is 0 Å². The van der Waals surface area contributed by atoms with Crippen molar-refractivity contribution in [3.8, 4) is 0 Å². The van der Waals surface area contributed by atoms with Gasteiger partial charge in [-0.3, -0.25) is 0 Å². The Morgan fingerprint density at radius 3 is 2.62 bits per heavy atom. The van der Waals surface area contributed by atoms with Crippen molar-refractivity contribution in [1.82, 2.24) is 4.72 Å². The Hall–Kier alpha value is 0.350. The summed E-state index contributed by atoms with van der Waals surface area (Å²) in [5.74, 6) is 0.295. The first-order valence-electron chi connectivity index (χ1n) is 4.25. The number of sulfonamides is 1. The van der Waals surface area contributed by atoms with E-state index >= 15 is 0 Å². The molecule has 0 radical (unpaired) electrons. The fourth-order valence-corrected chi connectivity index (χ4v) is 2.57. The van der Waals surface area contributed by atoms with Crippen LogP contribution in [0.25, 0.3) is 0 Å². The van der Waals surface area contributed by atoms with Crippen LogP contribution in [0.3, 0.4) is 0 Å². The molecular weight excluding hydrogens is 258 g/mol. The Kier molecular flexibility index (Phi) is 4.15. The second kappa shape index (κ2) is 4.72. The van der Waals surface area contributed by atoms with Crippen molar-refractivity contribution in [2.24, 2.45) is 5.92 Å². The smallest absolute Gasteiger partial charge is 0.221 e. The van der Waals surface area contributed by atoms with Crippen LogP contribution >= 0.6 is 15.9 Å². The van der Waals surface area contributed by atoms with Gasteiger partial charge in [-0.25, -0.2) is 13.1 Å². The molecule has 2 N–H and O–H groups in total. The summed E-state index contributed by atoms with van der Waals surface area (Å²) in [6.07, 6.45) is 2.18. The molecule has 1 aliphatic carbocycles. The fourth-order valence-electron chi connectivity index (χ4n) is 1.52. The van der Waals surface area contributed by atoms with Gasteiger partial charge in [0, 0.05) is 6.54 Å². The van der Waals surface area contributed by atoms with E-state index in [-0.39, 0.29) is 10.8 Å². The van der Waals surface area contributed by atoms with Crippen LogP contribution in [0.5, 0.6) is 0 Å². The van der Waals surface area contributed by atoms with Gasteiger partial charge in [-0.1, -0.05) is 15.9 Å². The topological polar surface area (TPSA) is 66.4 Å². The quantitative estimate of drug-likeness (QED) is 0.729. The lowest BCUT2D eigenvalue weighted by atomic mass is 10.1. The summed E-state index contributed by atoms with van der Waals surface area (Å²) >= 11 is 2.89. The van der Waals surface area contributed by atoms with E-state index in [1.165, 1.54) is 0 Å². The zero-order chi connectivity index (χ0) is 9.90. The van der Waals surface area contributed by atoms with Gasteiger partial charge in [-0.05, 0) is 25.2 Å². The molecule has 0 aromatic heterocycles. The molecule has 2 atom stereocenters. The van der Waals surface area contributed by atoms with Gasteiger partial charge in [0.25, 0.3) is 0 Å². The number of nitrogens with one attached hydrogen (secondary N) is 1. The van der Waals surface area contributed by atoms with Gasteiger partial charge in [0.05, 0.1) is 6.10 Å². The summed E-state index contributed by atoms with van der Waals surface area (Å²) in [5.41, 5.74) is 0. The molecule has 0 aromatic rings. The van der Waals surface area contributed by atoms with Crippen LogP contribution in [-0.2, 0) is 10.0 Å². The Morgan fingerprint density at radius 2 is 2.15 bits per heavy atom. The lowest BCUT2D eigenvalue weighted by Crippen LogP contribution is -2.29. The number of hydrogen-bond donors (Lipinski definition) is 2. The Bertz CT molecular complexity index is 254. The van der Waals surface area contributed by atoms with Crippen LogP contribution < -0.4 is 4.72 Å². The Labute approximate surface area is 86.9 Å². The summed E-state index contributed by atoms with van der Waals surface area (Å²) in [6.45, 7) is 0.449. The molecule has 0 heterocycles. The van der Waals surface area contributed by atoms with Crippen molar-refractivity contribution in [1.29, 1.82) is 0 Å². The zero-order valence-corrected chi connectivity index (χ0v) is 9.64. The maximum atomic E-state index is 11.0. The van der Waals surface area contributed by atoms with Crippen LogP contribution in [0.15, 0.2) is 0 Å². The highest BCUT2D eigenvalue weighted by Gasteiger charge is 2.23. The molecule has 0 bridgehead atoms. The normalized spacial score (nSPS) is 29.4. The molecule has 0 spiro atoms. The molecule has 2 unspecified atom stereocenters. The predicted molar refractivity (Wildman–Crippen MR) is 54.1 cm³/mol. The molecule has 0 amide bonds. The first kappa shape index (κ1) is 11.4. The van der Waals surface area contributed by atoms with Crippen LogP contribution in [0, 0.1) is 5.92 Å². The monoisotopic (exact) mass is 271 g/mol. The molecule has 1 fully saturated rings. The van der Waals surface area contributed by atoms with Crippen LogP contribution in [0.1, 0.15) is 19.3 Å². The van der Waals surface area contributed by atoms with Gasteiger partial charge in [0.15, 0.2) is 0 Å². The molecule has 78 valence electrons. The molecule has 1 rings (SSSR count). The van der Waals surface area contributed by atoms with E-state index < -0.39 is 10.0 Å². The minimum Gasteiger partial charge on any atom is -0.393 e. The van der Waals surface area contributed by atoms with Crippen molar-refractivity contribution in [3.05, 3.63) is 0 Å². The highest BCUT2D eigenvalue weighted by Crippen LogP contribution is 2.24. The van der Waals surface area contributed by atoms with Crippen LogP contribution in [-0.4, -0.2) is 30.8 Å². The number of alkyl halides is 1. The van der Waals surface area contributed by atoms with E-state index in [1.54, 1.807) is 0 Å². The second-order valence-electron chi connectivity index (χ2n) is 3.41. The summed E-state index contributed by atoms with van der Waals surface area (Å²) < 4.78 is 24.5. The number of hydrogen-bond acceptors (Lipinski definition) is 3. The molecule has 1 saturated carbocycles. The highest BCUT2D eigenvalue weighted by atomic mass is 79.9. The third-order valence-electron chi connectivity index (χ3n) is 2.25. The molecule has 6 heteroatoms. The third-order valence-corrected chi connectivity index (χ3v) is 4.95. The lowest BCUT2D eigenvalue weighted by molar-refractivity contribution is 0.178. The van der Waals surface area contributed by atoms with E-state index in [0.717, 1.165) is 12.8 Å². The predicted octanol–water partition coefficient (Wildman–Crippen LogP) is 0.419. The fraction of sp³-hybridized carbons (Fsp3) is 1.00. The van der Waals surface area contributed by atoms with Crippen molar-refractivity contribution in [2.75, 3.05) is 11.2 Å². The van der Waals surface area contributed by atoms with Gasteiger partial charge < -0.3 is 5.11 Å². The van der Waals surface area contributed by atoms with Gasteiger partial charge >= 0.3 is 0 Å². The van der Waals surface area contributed by atoms with Crippen molar-refractivity contribution in [3.63, 3.8) is 0 Å². The third kappa shape index (κ3) is 3.93. The maximum absolute atomic E-state index is 11.0. The molecule has 13 heavy (non-hydrogen) atoms. The first-order chi connectivity index (χ1) is 6.03. The molecule has 0 aromatic carbocycles. The Morgan fingerprint density at radius 1 is 1.46 bits per heavy atom. The molecule has 0 saturated heterocycles. The summed E-state index contributed by atoms with van der Waals surface area (Å²) in [4.78, 5) is 0. The number of halogens is 1. The molecule has 1 aliphatic rings. The number of rotatable bonds is 4. The largest absolute Gasteiger partial charge is 0.393 e. The second-order valence-corrected chi connectivity index (χ2v) is 6.52. The van der Waals surface area contributed by atoms with E-state index in [0.29, 0.717) is 18.9 Å². The van der Waals surface area contributed by atoms with Crippen LogP contribution in [0.4, 0.5) is 0 Å². The van der Waals surface area contributed by atoms with Gasteiger partial charge in [0.2, 0.25) is 10.0 Å². The zero-order valence-electron chi connectivity index (χ0n) is 7.24. The van der Waals surface area contributed by atoms with Crippen molar-refractivity contribution >= 4 is 26.0 Å². The first-order valence-corrected chi connectivity index (χ1v) is 7.02. The van der Waals surface area contributed by atoms with Gasteiger partial charge in [-0.2, -0.15) is 0 Å². The SMILES string of the molecule is O=S(=O)(CBr)NCC1CCC(O)C1. The average molecular weight is 272 g/mol. The molecule has 4 nitrogen and oxygen atoms in total. The number of aliphatic hydroxyl groups excluding tert-OH is 1. The highest BCUT2D eigenvalue weighted by molar-refractivity contribution is 9.10. The van der Waals surface area contributed by atoms with Gasteiger partial charge in [-0.15, -0.1) is 0 Å². The molecule has 0 aliphatic heterocycles. The Balaban J connectivity index is 2.27. The van der Waals surface area contributed by atoms with E-state index in [1.807, 2.05) is 0 Å². The van der Waals surface area contributed by atoms with Crippen molar-refractivity contribution < 1.29 is 13.5 Å². The summed E-state index contributed by atoms with van der Waals surface area (Å²) in [5, 5.41) is 9.20. The van der Waals surface area contributed by atoms with E-state index in [2.05, 4.69) is 20.7 Å². The minimum atomic E-state index is -3.14. The van der Waals surface area contributed by atoms with E-state index in [9.17, 15) is 13.5 Å². The van der Waals surface area contributed by atoms with Gasteiger partial charge in [0.1, 0.15) is 4.66 Å². The standard InChI is InChI=1S/C7H14BrNO3S/c8-5-13(11,12)9-4-6-1-2-7(10)3-6/h6-7,9-10H,1-5H2. The maximum Gasteiger partial charge on any atom is 0.221 e. The summed E-state index contributed by atoms with van der Waals surface area (Å²) in [6, 6.07) is 0. The van der Waals surface area contributed by atoms with Crippen LogP contribution in [0.2, 0.25) is 0 Å².